The lowest BCUT2D eigenvalue weighted by molar-refractivity contribution is -0.152. The number of allylic oxidation sites excluding steroid dienone is 7. The van der Waals surface area contributed by atoms with E-state index in [1.165, 1.54) is 96.3 Å². The summed E-state index contributed by atoms with van der Waals surface area (Å²) in [6, 6.07) is 0. The van der Waals surface area contributed by atoms with Crippen LogP contribution in [0.25, 0.3) is 0 Å². The van der Waals surface area contributed by atoms with E-state index in [9.17, 15) is 19.8 Å². The van der Waals surface area contributed by atoms with E-state index in [2.05, 4.69) is 50.3 Å². The monoisotopic (exact) mass is 703 g/mol. The molecular weight excluding hydrogens is 624 g/mol. The molecule has 0 aromatic carbocycles. The number of aliphatic hydroxyl groups is 2. The first kappa shape index (κ1) is 47.8. The second-order valence-electron chi connectivity index (χ2n) is 13.9. The predicted molar refractivity (Wildman–Crippen MR) is 211 cm³/mol. The highest BCUT2D eigenvalue weighted by Gasteiger charge is 2.12. The summed E-state index contributed by atoms with van der Waals surface area (Å²) in [5.41, 5.74) is 0. The molecule has 0 aromatic rings. The zero-order valence-corrected chi connectivity index (χ0v) is 32.5. The van der Waals surface area contributed by atoms with Crippen molar-refractivity contribution in [3.63, 3.8) is 0 Å². The zero-order chi connectivity index (χ0) is 36.6. The summed E-state index contributed by atoms with van der Waals surface area (Å²) in [5.74, 6) is -0.646. The van der Waals surface area contributed by atoms with Crippen LogP contribution >= 0.6 is 0 Å². The minimum absolute atomic E-state index is 0.141. The van der Waals surface area contributed by atoms with Gasteiger partial charge in [-0.25, -0.2) is 0 Å². The molecule has 50 heavy (non-hydrogen) atoms. The summed E-state index contributed by atoms with van der Waals surface area (Å²) >= 11 is 0. The molecule has 0 radical (unpaired) electrons. The second kappa shape index (κ2) is 39.6. The van der Waals surface area contributed by atoms with Gasteiger partial charge < -0.3 is 19.7 Å². The molecule has 0 spiro atoms. The number of rotatable bonds is 37. The largest absolute Gasteiger partial charge is 0.463 e. The van der Waals surface area contributed by atoms with Gasteiger partial charge in [0.1, 0.15) is 19.3 Å². The maximum Gasteiger partial charge on any atom is 0.305 e. The van der Waals surface area contributed by atoms with Crippen molar-refractivity contribution in [3.8, 4) is 0 Å². The van der Waals surface area contributed by atoms with Gasteiger partial charge in [0.05, 0.1) is 6.10 Å². The SMILES string of the molecule is CCCCCCCCCCCCCCCCCCCCC(=O)OC[C@H](O)COC(=O)CCC/C=C\C/C=C\C/C=C\C/C=C\[C@@H](O)CCCC. The molecule has 0 fully saturated rings. The quantitative estimate of drug-likeness (QED) is 0.0380. The van der Waals surface area contributed by atoms with E-state index in [0.29, 0.717) is 19.3 Å². The van der Waals surface area contributed by atoms with Gasteiger partial charge in [0, 0.05) is 12.8 Å². The molecular formula is C44H78O6. The average molecular weight is 703 g/mol. The van der Waals surface area contributed by atoms with Crippen molar-refractivity contribution < 1.29 is 29.3 Å². The Morgan fingerprint density at radius 1 is 0.480 bits per heavy atom. The molecule has 0 amide bonds. The van der Waals surface area contributed by atoms with Crippen LogP contribution in [-0.4, -0.2) is 47.6 Å². The first-order valence-electron chi connectivity index (χ1n) is 20.8. The third-order valence-corrected chi connectivity index (χ3v) is 8.89. The molecule has 0 unspecified atom stereocenters. The van der Waals surface area contributed by atoms with Gasteiger partial charge in [-0.2, -0.15) is 0 Å². The van der Waals surface area contributed by atoms with E-state index in [0.717, 1.165) is 64.2 Å². The van der Waals surface area contributed by atoms with Gasteiger partial charge in [-0.15, -0.1) is 0 Å². The van der Waals surface area contributed by atoms with Crippen molar-refractivity contribution in [2.75, 3.05) is 13.2 Å². The Kier molecular flexibility index (Phi) is 37.9. The summed E-state index contributed by atoms with van der Waals surface area (Å²) in [6.45, 7) is 4.11. The number of unbranched alkanes of at least 4 members (excludes halogenated alkanes) is 19. The Bertz CT molecular complexity index is 861. The minimum Gasteiger partial charge on any atom is -0.463 e. The Hall–Kier alpha value is -2.18. The number of esters is 2. The van der Waals surface area contributed by atoms with E-state index in [1.807, 2.05) is 12.2 Å². The van der Waals surface area contributed by atoms with Crippen molar-refractivity contribution in [1.29, 1.82) is 0 Å². The molecule has 0 rings (SSSR count). The molecule has 290 valence electrons. The highest BCUT2D eigenvalue weighted by atomic mass is 16.6. The molecule has 0 aliphatic rings. The third kappa shape index (κ3) is 38.6. The van der Waals surface area contributed by atoms with Crippen LogP contribution in [0.2, 0.25) is 0 Å². The number of ether oxygens (including phenoxy) is 2. The average Bonchev–Trinajstić information content (AvgIpc) is 3.11. The number of hydrogen-bond acceptors (Lipinski definition) is 6. The van der Waals surface area contributed by atoms with Crippen LogP contribution in [0, 0.1) is 0 Å². The Morgan fingerprint density at radius 2 is 0.860 bits per heavy atom. The van der Waals surface area contributed by atoms with Gasteiger partial charge in [0.2, 0.25) is 0 Å². The summed E-state index contributed by atoms with van der Waals surface area (Å²) in [6.07, 6.45) is 46.5. The van der Waals surface area contributed by atoms with Crippen molar-refractivity contribution in [2.45, 2.75) is 206 Å². The van der Waals surface area contributed by atoms with E-state index in [4.69, 9.17) is 9.47 Å². The zero-order valence-electron chi connectivity index (χ0n) is 32.5. The Balaban J connectivity index is 3.53. The maximum atomic E-state index is 12.0. The lowest BCUT2D eigenvalue weighted by Gasteiger charge is -2.12. The standard InChI is InChI=1S/C44H78O6/c1-3-5-7-8-9-10-11-12-13-14-15-16-17-21-24-27-30-33-37-43(47)49-39-42(46)40-50-44(48)38-34-31-28-25-22-19-18-20-23-26-29-32-36-41(45)35-6-4-2/h18-19,23,25-26,28,32,36,41-42,45-46H,3-17,20-22,24,27,29-31,33-35,37-40H2,1-2H3/b19-18-,26-23-,28-25-,36-32-/t41-,42-/m0/s1. The van der Waals surface area contributed by atoms with Gasteiger partial charge in [0.15, 0.2) is 0 Å². The van der Waals surface area contributed by atoms with Gasteiger partial charge in [0.25, 0.3) is 0 Å². The number of carbonyl (C=O) groups is 2. The molecule has 6 heteroatoms. The summed E-state index contributed by atoms with van der Waals surface area (Å²) in [7, 11) is 0. The smallest absolute Gasteiger partial charge is 0.305 e. The molecule has 0 aromatic heterocycles. The van der Waals surface area contributed by atoms with Crippen molar-refractivity contribution in [1.82, 2.24) is 0 Å². The van der Waals surface area contributed by atoms with Gasteiger partial charge in [-0.1, -0.05) is 184 Å². The van der Waals surface area contributed by atoms with Gasteiger partial charge in [-0.05, 0) is 44.9 Å². The first-order chi connectivity index (χ1) is 24.5. The van der Waals surface area contributed by atoms with E-state index < -0.39 is 6.10 Å². The van der Waals surface area contributed by atoms with E-state index in [-0.39, 0.29) is 31.3 Å². The van der Waals surface area contributed by atoms with Crippen LogP contribution in [0.3, 0.4) is 0 Å². The Labute approximate surface area is 308 Å². The number of hydrogen-bond donors (Lipinski definition) is 2. The van der Waals surface area contributed by atoms with Crippen molar-refractivity contribution in [3.05, 3.63) is 48.6 Å². The summed E-state index contributed by atoms with van der Waals surface area (Å²) in [5, 5.41) is 19.8. The van der Waals surface area contributed by atoms with Gasteiger partial charge >= 0.3 is 11.9 Å². The highest BCUT2D eigenvalue weighted by Crippen LogP contribution is 2.15. The third-order valence-electron chi connectivity index (χ3n) is 8.89. The van der Waals surface area contributed by atoms with Gasteiger partial charge in [-0.3, -0.25) is 9.59 Å². The van der Waals surface area contributed by atoms with Crippen molar-refractivity contribution >= 4 is 11.9 Å². The highest BCUT2D eigenvalue weighted by molar-refractivity contribution is 5.69. The van der Waals surface area contributed by atoms with E-state index in [1.54, 1.807) is 0 Å². The van der Waals surface area contributed by atoms with Crippen LogP contribution in [0.5, 0.6) is 0 Å². The molecule has 0 saturated heterocycles. The van der Waals surface area contributed by atoms with Crippen LogP contribution < -0.4 is 0 Å². The fourth-order valence-corrected chi connectivity index (χ4v) is 5.69. The molecule has 2 atom stereocenters. The minimum atomic E-state index is -0.996. The molecule has 6 nitrogen and oxygen atoms in total. The fraction of sp³-hybridized carbons (Fsp3) is 0.773. The fourth-order valence-electron chi connectivity index (χ4n) is 5.69. The Morgan fingerprint density at radius 3 is 1.32 bits per heavy atom. The first-order valence-corrected chi connectivity index (χ1v) is 20.8. The molecule has 0 heterocycles. The lowest BCUT2D eigenvalue weighted by atomic mass is 10.0. The predicted octanol–water partition coefficient (Wildman–Crippen LogP) is 12.0. The lowest BCUT2D eigenvalue weighted by Crippen LogP contribution is -2.25. The summed E-state index contributed by atoms with van der Waals surface area (Å²) in [4.78, 5) is 23.9. The maximum absolute atomic E-state index is 12.0. The molecule has 2 N–H and O–H groups in total. The topological polar surface area (TPSA) is 93.1 Å². The van der Waals surface area contributed by atoms with Crippen LogP contribution in [0.15, 0.2) is 48.6 Å². The van der Waals surface area contributed by atoms with Crippen molar-refractivity contribution in [2.24, 2.45) is 0 Å². The second-order valence-corrected chi connectivity index (χ2v) is 13.9. The van der Waals surface area contributed by atoms with Crippen LogP contribution in [-0.2, 0) is 19.1 Å². The number of aliphatic hydroxyl groups excluding tert-OH is 2. The molecule has 0 saturated carbocycles. The molecule has 0 aliphatic heterocycles. The van der Waals surface area contributed by atoms with Crippen LogP contribution in [0.1, 0.15) is 194 Å². The van der Waals surface area contributed by atoms with E-state index >= 15 is 0 Å². The summed E-state index contributed by atoms with van der Waals surface area (Å²) < 4.78 is 10.3. The molecule has 0 aliphatic carbocycles. The number of carbonyl (C=O) groups excluding carboxylic acids is 2. The normalized spacial score (nSPS) is 13.3. The van der Waals surface area contributed by atoms with Crippen LogP contribution in [0.4, 0.5) is 0 Å². The molecule has 0 bridgehead atoms.